The molecule has 2 aromatic carbocycles. The van der Waals surface area contributed by atoms with Crippen LogP contribution in [0.4, 0.5) is 14.5 Å². The summed E-state index contributed by atoms with van der Waals surface area (Å²) in [4.78, 5) is 16.0. The molecule has 3 N–H and O–H groups in total. The molecule has 1 aliphatic heterocycles. The molecule has 8 rings (SSSR count). The summed E-state index contributed by atoms with van der Waals surface area (Å²) >= 11 is 0. The van der Waals surface area contributed by atoms with Crippen molar-refractivity contribution in [3.63, 3.8) is 0 Å². The Labute approximate surface area is 290 Å². The van der Waals surface area contributed by atoms with Crippen molar-refractivity contribution in [2.75, 3.05) is 39.1 Å². The molecule has 0 aromatic heterocycles. The number of carbonyl (C=O) groups excluding carboxylic acids is 1. The maximum absolute atomic E-state index is 14.4. The van der Waals surface area contributed by atoms with Gasteiger partial charge in [0.25, 0.3) is 10.0 Å². The van der Waals surface area contributed by atoms with Crippen LogP contribution < -0.4 is 4.72 Å². The van der Waals surface area contributed by atoms with E-state index in [4.69, 9.17) is 18.9 Å². The first-order chi connectivity index (χ1) is 23.7. The number of likely N-dealkylation sites (tertiary alicyclic amines) is 1. The van der Waals surface area contributed by atoms with Crippen LogP contribution in [0.3, 0.4) is 0 Å². The number of rotatable bonds is 9. The fraction of sp³-hybridized carbons (Fsp3) is 0.639. The van der Waals surface area contributed by atoms with E-state index < -0.39 is 72.7 Å². The number of halogens is 2. The van der Waals surface area contributed by atoms with Gasteiger partial charge in [-0.05, 0) is 56.5 Å². The number of carbonyl (C=O) groups is 1. The summed E-state index contributed by atoms with van der Waals surface area (Å²) in [6, 6.07) is 7.76. The Morgan fingerprint density at radius 3 is 2.40 bits per heavy atom. The number of anilines is 1. The van der Waals surface area contributed by atoms with Crippen LogP contribution >= 0.6 is 0 Å². The number of likely N-dealkylation sites (N-methyl/N-ethyl adjacent to an activating group) is 1. The molecule has 7 bridgehead atoms. The summed E-state index contributed by atoms with van der Waals surface area (Å²) in [5.41, 5.74) is -5.04. The van der Waals surface area contributed by atoms with Crippen molar-refractivity contribution in [3.05, 3.63) is 59.7 Å². The first-order valence-electron chi connectivity index (χ1n) is 17.3. The number of piperidine rings is 1. The smallest absolute Gasteiger partial charge is 0.340 e. The number of aliphatic hydroxyl groups is 2. The van der Waals surface area contributed by atoms with Gasteiger partial charge in [-0.3, -0.25) is 9.62 Å². The summed E-state index contributed by atoms with van der Waals surface area (Å²) in [5.74, 6) is -4.18. The van der Waals surface area contributed by atoms with Crippen molar-refractivity contribution in [3.8, 4) is 0 Å². The fourth-order valence-electron chi connectivity index (χ4n) is 12.3. The Bertz CT molecular complexity index is 1810. The molecule has 5 saturated carbocycles. The normalized spacial score (nSPS) is 42.7. The van der Waals surface area contributed by atoms with Gasteiger partial charge >= 0.3 is 5.97 Å². The van der Waals surface area contributed by atoms with Gasteiger partial charge in [0.1, 0.15) is 28.4 Å². The van der Waals surface area contributed by atoms with E-state index >= 15 is 0 Å². The Morgan fingerprint density at radius 2 is 1.74 bits per heavy atom. The number of methoxy groups -OCH3 is 3. The number of nitrogens with one attached hydrogen (secondary N) is 1. The van der Waals surface area contributed by atoms with Crippen molar-refractivity contribution in [1.82, 2.24) is 4.90 Å². The van der Waals surface area contributed by atoms with Gasteiger partial charge in [-0.25, -0.2) is 22.0 Å². The maximum Gasteiger partial charge on any atom is 0.340 e. The Balaban J connectivity index is 1.20. The van der Waals surface area contributed by atoms with Crippen LogP contribution in [-0.4, -0.2) is 105 Å². The highest BCUT2D eigenvalue weighted by Crippen LogP contribution is 2.79. The van der Waals surface area contributed by atoms with Crippen molar-refractivity contribution < 1.29 is 51.2 Å². The third-order valence-electron chi connectivity index (χ3n) is 13.7. The molecule has 1 saturated heterocycles. The molecule has 0 amide bonds. The van der Waals surface area contributed by atoms with E-state index in [1.165, 1.54) is 18.2 Å². The highest BCUT2D eigenvalue weighted by atomic mass is 32.2. The summed E-state index contributed by atoms with van der Waals surface area (Å²) in [6.07, 6.45) is 1.01. The molecule has 6 aliphatic rings. The lowest BCUT2D eigenvalue weighted by Crippen LogP contribution is -2.83. The van der Waals surface area contributed by atoms with Gasteiger partial charge in [0.2, 0.25) is 0 Å². The highest BCUT2D eigenvalue weighted by molar-refractivity contribution is 7.92. The topological polar surface area (TPSA) is 144 Å². The van der Waals surface area contributed by atoms with Crippen LogP contribution in [0.5, 0.6) is 0 Å². The van der Waals surface area contributed by atoms with E-state index in [9.17, 15) is 32.2 Å². The number of sulfonamides is 1. The molecule has 272 valence electrons. The zero-order valence-electron chi connectivity index (χ0n) is 28.5. The molecule has 1 heterocycles. The van der Waals surface area contributed by atoms with Gasteiger partial charge < -0.3 is 29.2 Å². The minimum atomic E-state index is -4.49. The first kappa shape index (κ1) is 34.4. The second-order valence-corrected chi connectivity index (χ2v) is 16.9. The minimum Gasteiger partial charge on any atom is -0.454 e. The van der Waals surface area contributed by atoms with Crippen molar-refractivity contribution >= 4 is 21.7 Å². The van der Waals surface area contributed by atoms with Gasteiger partial charge in [-0.1, -0.05) is 19.1 Å². The molecule has 12 atom stereocenters. The third kappa shape index (κ3) is 4.21. The van der Waals surface area contributed by atoms with E-state index in [1.807, 2.05) is 6.92 Å². The van der Waals surface area contributed by atoms with E-state index in [0.29, 0.717) is 57.0 Å². The second kappa shape index (κ2) is 11.4. The number of esters is 1. The largest absolute Gasteiger partial charge is 0.454 e. The van der Waals surface area contributed by atoms with Gasteiger partial charge in [0, 0.05) is 75.5 Å². The van der Waals surface area contributed by atoms with Crippen LogP contribution in [-0.2, 0) is 29.0 Å². The molecule has 1 spiro atoms. The predicted molar refractivity (Wildman–Crippen MR) is 175 cm³/mol. The summed E-state index contributed by atoms with van der Waals surface area (Å²) in [5, 5.41) is 25.8. The zero-order chi connectivity index (χ0) is 35.6. The average Bonchev–Trinajstić information content (AvgIpc) is 3.50. The number of nitrogens with zero attached hydrogens (tertiary/aromatic N) is 1. The van der Waals surface area contributed by atoms with Crippen LogP contribution in [0.1, 0.15) is 49.4 Å². The number of para-hydroxylation sites is 1. The van der Waals surface area contributed by atoms with Crippen LogP contribution in [0.15, 0.2) is 47.4 Å². The Hall–Kier alpha value is -2.72. The van der Waals surface area contributed by atoms with Crippen molar-refractivity contribution in [2.45, 2.75) is 85.1 Å². The lowest BCUT2D eigenvalue weighted by atomic mass is 9.44. The number of benzene rings is 2. The van der Waals surface area contributed by atoms with Crippen molar-refractivity contribution in [2.24, 2.45) is 29.1 Å². The van der Waals surface area contributed by atoms with Gasteiger partial charge in [0.05, 0.1) is 34.5 Å². The molecule has 14 heteroatoms. The average molecular weight is 719 g/mol. The predicted octanol–water partition coefficient (Wildman–Crippen LogP) is 3.34. The van der Waals surface area contributed by atoms with E-state index in [0.717, 1.165) is 0 Å². The highest BCUT2D eigenvalue weighted by Gasteiger charge is 2.89. The third-order valence-corrected chi connectivity index (χ3v) is 15.1. The lowest BCUT2D eigenvalue weighted by Gasteiger charge is -2.70. The summed E-state index contributed by atoms with van der Waals surface area (Å²) < 4.78 is 81.8. The van der Waals surface area contributed by atoms with Crippen LogP contribution in [0, 0.1) is 40.7 Å². The number of hydrogen-bond donors (Lipinski definition) is 3. The molecule has 6 fully saturated rings. The van der Waals surface area contributed by atoms with E-state index in [2.05, 4.69) is 9.62 Å². The van der Waals surface area contributed by atoms with Crippen molar-refractivity contribution in [1.29, 1.82) is 0 Å². The van der Waals surface area contributed by atoms with Crippen LogP contribution in [0.25, 0.3) is 0 Å². The van der Waals surface area contributed by atoms with Crippen LogP contribution in [0.2, 0.25) is 0 Å². The van der Waals surface area contributed by atoms with Gasteiger partial charge in [0.15, 0.2) is 0 Å². The van der Waals surface area contributed by atoms with Gasteiger partial charge in [-0.15, -0.1) is 0 Å². The SMILES string of the molecule is CCN1C[C@]2(OC(=O)c3ccccc3NS(=O)(=O)c3cc(F)cc(F)c3)CC[C@H](OC)[C@]34C1[C@H](C[C@H]23)[C@@]1(O)C[C@H](OC)[C@H]2C[C@@H]4[C@]1(O)[C@H]2OC. The number of fused-ring (bicyclic) bond motifs is 2. The maximum atomic E-state index is 14.4. The Morgan fingerprint density at radius 1 is 1.02 bits per heavy atom. The lowest BCUT2D eigenvalue weighted by molar-refractivity contribution is -0.337. The number of ether oxygens (including phenoxy) is 4. The molecular formula is C36H44F2N2O9S. The minimum absolute atomic E-state index is 0.0613. The van der Waals surface area contributed by atoms with Gasteiger partial charge in [-0.2, -0.15) is 0 Å². The first-order valence-corrected chi connectivity index (χ1v) is 18.8. The number of hydrogen-bond acceptors (Lipinski definition) is 10. The second-order valence-electron chi connectivity index (χ2n) is 15.2. The molecule has 50 heavy (non-hydrogen) atoms. The molecule has 5 aliphatic carbocycles. The van der Waals surface area contributed by atoms with E-state index in [-0.39, 0.29) is 47.8 Å². The molecule has 11 nitrogen and oxygen atoms in total. The summed E-state index contributed by atoms with van der Waals surface area (Å²) in [7, 11) is 0.396. The molecular weight excluding hydrogens is 674 g/mol. The molecule has 0 radical (unpaired) electrons. The summed E-state index contributed by atoms with van der Waals surface area (Å²) in [6.45, 7) is 3.02. The van der Waals surface area contributed by atoms with E-state index in [1.54, 1.807) is 27.4 Å². The fourth-order valence-corrected chi connectivity index (χ4v) is 13.4. The Kier molecular flexibility index (Phi) is 7.83. The molecule has 2 aromatic rings. The standard InChI is InChI=1S/C36H44F2N2O9S/c1-5-40-18-33(49-32(41)22-8-6-7-9-25(22)39-50(44,45)21-13-19(37)12-20(38)14-21)11-10-29(47-3)35-27(33)16-24(30(35)40)34(42)17-26(46-2)23-15-28(35)36(34,43)31(23)48-4/h6-9,12-14,23-24,26-31,39,42-43H,5,10-11,15-18H2,1-4H3/t23-,24+,26+,27-,28+,29+,30?,31+,33-,34+,35+,36+/m1/s1. The zero-order valence-corrected chi connectivity index (χ0v) is 29.3. The monoisotopic (exact) mass is 718 g/mol. The molecule has 1 unspecified atom stereocenters. The quantitative estimate of drug-likeness (QED) is 0.331.